The van der Waals surface area contributed by atoms with Gasteiger partial charge in [-0.05, 0) is 36.7 Å². The molecular weight excluding hydrogens is 303 g/mol. The number of thioether (sulfide) groups is 1. The van der Waals surface area contributed by atoms with Gasteiger partial charge < -0.3 is 9.84 Å². The molecule has 1 aliphatic rings. The van der Waals surface area contributed by atoms with Crippen molar-refractivity contribution < 1.29 is 17.7 Å². The maximum Gasteiger partial charge on any atom is 0.446 e. The second-order valence-electron chi connectivity index (χ2n) is 4.72. The molecule has 0 saturated heterocycles. The Balaban J connectivity index is 1.66. The molecule has 1 aliphatic carbocycles. The summed E-state index contributed by atoms with van der Waals surface area (Å²) in [5.74, 6) is 1.45. The minimum atomic E-state index is -4.32. The van der Waals surface area contributed by atoms with Crippen LogP contribution in [-0.4, -0.2) is 15.6 Å². The van der Waals surface area contributed by atoms with Gasteiger partial charge in [0.15, 0.2) is 5.82 Å². The predicted molar refractivity (Wildman–Crippen MR) is 72.0 cm³/mol. The average molecular weight is 315 g/mol. The lowest BCUT2D eigenvalue weighted by molar-refractivity contribution is -0.0327. The minimum Gasteiger partial charge on any atom is -0.375 e. The standard InChI is InChI=1S/C13H12F3N3OS/c14-13(15,16)21-10-4-2-1-3-9(10)17-7-11-18-12(19-20-11)8-5-6-8/h1-4,8,17H,5-7H2. The summed E-state index contributed by atoms with van der Waals surface area (Å²) in [7, 11) is 0. The van der Waals surface area contributed by atoms with Gasteiger partial charge >= 0.3 is 5.51 Å². The van der Waals surface area contributed by atoms with Crippen LogP contribution in [0.5, 0.6) is 0 Å². The van der Waals surface area contributed by atoms with Crippen molar-refractivity contribution in [2.24, 2.45) is 0 Å². The SMILES string of the molecule is FC(F)(F)Sc1ccccc1NCc1nc(C2CC2)no1. The first-order chi connectivity index (χ1) is 10.0. The lowest BCUT2D eigenvalue weighted by Gasteiger charge is -2.11. The van der Waals surface area contributed by atoms with Crippen molar-refractivity contribution in [1.29, 1.82) is 0 Å². The van der Waals surface area contributed by atoms with Gasteiger partial charge in [-0.25, -0.2) is 0 Å². The number of rotatable bonds is 5. The van der Waals surface area contributed by atoms with Gasteiger partial charge in [0, 0.05) is 16.5 Å². The molecule has 1 aromatic heterocycles. The first kappa shape index (κ1) is 14.2. The highest BCUT2D eigenvalue weighted by Gasteiger charge is 2.30. The fourth-order valence-corrected chi connectivity index (χ4v) is 2.49. The molecule has 112 valence electrons. The zero-order valence-electron chi connectivity index (χ0n) is 10.9. The maximum absolute atomic E-state index is 12.5. The molecule has 0 radical (unpaired) electrons. The molecular formula is C13H12F3N3OS. The summed E-state index contributed by atoms with van der Waals surface area (Å²) in [6, 6.07) is 6.25. The van der Waals surface area contributed by atoms with E-state index in [2.05, 4.69) is 15.5 Å². The van der Waals surface area contributed by atoms with Crippen LogP contribution in [0.2, 0.25) is 0 Å². The van der Waals surface area contributed by atoms with E-state index in [1.54, 1.807) is 18.2 Å². The van der Waals surface area contributed by atoms with Crippen molar-refractivity contribution in [2.75, 3.05) is 5.32 Å². The summed E-state index contributed by atoms with van der Waals surface area (Å²) in [4.78, 5) is 4.34. The number of alkyl halides is 3. The highest BCUT2D eigenvalue weighted by molar-refractivity contribution is 8.00. The zero-order valence-corrected chi connectivity index (χ0v) is 11.7. The molecule has 0 unspecified atom stereocenters. The van der Waals surface area contributed by atoms with Crippen LogP contribution >= 0.6 is 11.8 Å². The van der Waals surface area contributed by atoms with Gasteiger partial charge in [0.25, 0.3) is 0 Å². The molecule has 1 saturated carbocycles. The molecule has 4 nitrogen and oxygen atoms in total. The van der Waals surface area contributed by atoms with E-state index in [4.69, 9.17) is 4.52 Å². The fraction of sp³-hybridized carbons (Fsp3) is 0.385. The zero-order chi connectivity index (χ0) is 14.9. The average Bonchev–Trinajstić information content (AvgIpc) is 3.16. The van der Waals surface area contributed by atoms with Crippen LogP contribution in [0.1, 0.15) is 30.5 Å². The van der Waals surface area contributed by atoms with Gasteiger partial charge in [0.1, 0.15) is 0 Å². The maximum atomic E-state index is 12.5. The molecule has 8 heteroatoms. The fourth-order valence-electron chi connectivity index (χ4n) is 1.84. The smallest absolute Gasteiger partial charge is 0.375 e. The second kappa shape index (κ2) is 5.59. The third-order valence-corrected chi connectivity index (χ3v) is 3.78. The number of nitrogens with one attached hydrogen (secondary N) is 1. The van der Waals surface area contributed by atoms with Crippen LogP contribution < -0.4 is 5.32 Å². The van der Waals surface area contributed by atoms with Gasteiger partial charge in [-0.2, -0.15) is 18.2 Å². The molecule has 1 fully saturated rings. The normalized spacial score (nSPS) is 15.2. The molecule has 1 aromatic carbocycles. The first-order valence-corrected chi connectivity index (χ1v) is 7.24. The minimum absolute atomic E-state index is 0.118. The summed E-state index contributed by atoms with van der Waals surface area (Å²) < 4.78 is 42.5. The molecule has 0 spiro atoms. The summed E-state index contributed by atoms with van der Waals surface area (Å²) in [5, 5.41) is 6.77. The summed E-state index contributed by atoms with van der Waals surface area (Å²) in [5.41, 5.74) is -3.92. The first-order valence-electron chi connectivity index (χ1n) is 6.42. The van der Waals surface area contributed by atoms with Gasteiger partial charge in [0.2, 0.25) is 5.89 Å². The Bertz CT molecular complexity index is 625. The van der Waals surface area contributed by atoms with Crippen LogP contribution in [-0.2, 0) is 6.54 Å². The van der Waals surface area contributed by atoms with E-state index in [0.29, 0.717) is 23.3 Å². The van der Waals surface area contributed by atoms with E-state index in [-0.39, 0.29) is 23.2 Å². The summed E-state index contributed by atoms with van der Waals surface area (Å²) >= 11 is -0.147. The van der Waals surface area contributed by atoms with Crippen LogP contribution in [0.25, 0.3) is 0 Å². The molecule has 0 atom stereocenters. The van der Waals surface area contributed by atoms with E-state index < -0.39 is 5.51 Å². The molecule has 2 aromatic rings. The second-order valence-corrected chi connectivity index (χ2v) is 5.82. The van der Waals surface area contributed by atoms with E-state index in [0.717, 1.165) is 12.8 Å². The van der Waals surface area contributed by atoms with E-state index in [9.17, 15) is 13.2 Å². The molecule has 3 rings (SSSR count). The molecule has 1 N–H and O–H groups in total. The lowest BCUT2D eigenvalue weighted by Crippen LogP contribution is -2.04. The molecule has 1 heterocycles. The number of hydrogen-bond donors (Lipinski definition) is 1. The summed E-state index contributed by atoms with van der Waals surface area (Å²) in [6.07, 6.45) is 2.13. The van der Waals surface area contributed by atoms with Crippen LogP contribution in [0.4, 0.5) is 18.9 Å². The van der Waals surface area contributed by atoms with Gasteiger partial charge in [-0.1, -0.05) is 17.3 Å². The number of benzene rings is 1. The van der Waals surface area contributed by atoms with Gasteiger partial charge in [-0.15, -0.1) is 0 Å². The quantitative estimate of drug-likeness (QED) is 0.839. The van der Waals surface area contributed by atoms with Crippen molar-refractivity contribution in [3.8, 4) is 0 Å². The number of para-hydroxylation sites is 1. The lowest BCUT2D eigenvalue weighted by atomic mass is 10.3. The molecule has 0 amide bonds. The van der Waals surface area contributed by atoms with Crippen molar-refractivity contribution in [3.05, 3.63) is 36.0 Å². The Kier molecular flexibility index (Phi) is 3.79. The Hall–Kier alpha value is -1.70. The highest BCUT2D eigenvalue weighted by Crippen LogP contribution is 2.40. The Morgan fingerprint density at radius 2 is 2.05 bits per heavy atom. The Morgan fingerprint density at radius 3 is 2.76 bits per heavy atom. The predicted octanol–water partition coefficient (Wildman–Crippen LogP) is 4.17. The van der Waals surface area contributed by atoms with E-state index in [1.807, 2.05) is 0 Å². The highest BCUT2D eigenvalue weighted by atomic mass is 32.2. The van der Waals surface area contributed by atoms with E-state index in [1.165, 1.54) is 6.07 Å². The largest absolute Gasteiger partial charge is 0.446 e. The number of anilines is 1. The molecule has 21 heavy (non-hydrogen) atoms. The van der Waals surface area contributed by atoms with Gasteiger partial charge in [-0.3, -0.25) is 0 Å². The molecule has 0 aliphatic heterocycles. The van der Waals surface area contributed by atoms with Crippen LogP contribution in [0.3, 0.4) is 0 Å². The van der Waals surface area contributed by atoms with Crippen molar-refractivity contribution in [1.82, 2.24) is 10.1 Å². The summed E-state index contributed by atoms with van der Waals surface area (Å²) in [6.45, 7) is 0.204. The van der Waals surface area contributed by atoms with Crippen molar-refractivity contribution in [3.63, 3.8) is 0 Å². The number of nitrogens with zero attached hydrogens (tertiary/aromatic N) is 2. The Morgan fingerprint density at radius 1 is 1.29 bits per heavy atom. The van der Waals surface area contributed by atoms with E-state index >= 15 is 0 Å². The number of aromatic nitrogens is 2. The topological polar surface area (TPSA) is 51.0 Å². The van der Waals surface area contributed by atoms with Crippen molar-refractivity contribution in [2.45, 2.75) is 35.7 Å². The third-order valence-electron chi connectivity index (χ3n) is 2.97. The van der Waals surface area contributed by atoms with Crippen LogP contribution in [0, 0.1) is 0 Å². The van der Waals surface area contributed by atoms with Gasteiger partial charge in [0.05, 0.1) is 6.54 Å². The third kappa shape index (κ3) is 3.90. The molecule has 0 bridgehead atoms. The monoisotopic (exact) mass is 315 g/mol. The van der Waals surface area contributed by atoms with Crippen LogP contribution in [0.15, 0.2) is 33.7 Å². The van der Waals surface area contributed by atoms with Crippen molar-refractivity contribution >= 4 is 17.4 Å². The Labute approximate surface area is 123 Å². The number of hydrogen-bond acceptors (Lipinski definition) is 5. The number of halogens is 3.